The van der Waals surface area contributed by atoms with Crippen LogP contribution in [0.2, 0.25) is 0 Å². The lowest BCUT2D eigenvalue weighted by Gasteiger charge is -2.29. The molecule has 1 aromatic heterocycles. The molecule has 0 saturated carbocycles. The number of aromatic nitrogens is 1. The van der Waals surface area contributed by atoms with Crippen LogP contribution in [0.3, 0.4) is 0 Å². The lowest BCUT2D eigenvalue weighted by atomic mass is 10.0. The number of nitrogens with zero attached hydrogens (tertiary/aromatic N) is 3. The van der Waals surface area contributed by atoms with Crippen LogP contribution in [-0.4, -0.2) is 60.8 Å². The monoisotopic (exact) mass is 392 g/mol. The molecule has 0 spiro atoms. The van der Waals surface area contributed by atoms with Crippen LogP contribution in [0.15, 0.2) is 17.2 Å². The molecular formula is C16H29ClN4O3S. The average Bonchev–Trinajstić information content (AvgIpc) is 2.95. The molecule has 144 valence electrons. The maximum absolute atomic E-state index is 12.8. The molecule has 1 aliphatic rings. The predicted molar refractivity (Wildman–Crippen MR) is 100 cm³/mol. The van der Waals surface area contributed by atoms with E-state index in [0.29, 0.717) is 31.2 Å². The SMILES string of the molecule is CC1CCCN(S(=O)(=O)c2cc(C(=O)N(C)C(C)CN)n(C)c2)C1.Cl. The summed E-state index contributed by atoms with van der Waals surface area (Å²) in [6, 6.07) is 1.35. The fourth-order valence-electron chi connectivity index (χ4n) is 2.94. The summed E-state index contributed by atoms with van der Waals surface area (Å²) in [4.78, 5) is 14.3. The van der Waals surface area contributed by atoms with Gasteiger partial charge < -0.3 is 15.2 Å². The fraction of sp³-hybridized carbons (Fsp3) is 0.688. The molecule has 2 unspecified atom stereocenters. The third kappa shape index (κ3) is 4.55. The van der Waals surface area contributed by atoms with Gasteiger partial charge in [-0.3, -0.25) is 4.79 Å². The van der Waals surface area contributed by atoms with Crippen molar-refractivity contribution in [2.24, 2.45) is 18.7 Å². The van der Waals surface area contributed by atoms with Gasteiger partial charge in [-0.25, -0.2) is 8.42 Å². The Kier molecular flexibility index (Phi) is 7.49. The third-order valence-electron chi connectivity index (χ3n) is 4.78. The van der Waals surface area contributed by atoms with Crippen molar-refractivity contribution in [1.82, 2.24) is 13.8 Å². The molecule has 7 nitrogen and oxygen atoms in total. The minimum absolute atomic E-state index is 0. The Labute approximate surface area is 156 Å². The highest BCUT2D eigenvalue weighted by Crippen LogP contribution is 2.25. The van der Waals surface area contributed by atoms with E-state index in [9.17, 15) is 13.2 Å². The summed E-state index contributed by atoms with van der Waals surface area (Å²) < 4.78 is 28.8. The normalized spacial score (nSPS) is 20.0. The predicted octanol–water partition coefficient (Wildman–Crippen LogP) is 1.29. The number of sulfonamides is 1. The highest BCUT2D eigenvalue weighted by atomic mass is 35.5. The summed E-state index contributed by atoms with van der Waals surface area (Å²) in [5, 5.41) is 0. The van der Waals surface area contributed by atoms with Gasteiger partial charge in [-0.1, -0.05) is 6.92 Å². The van der Waals surface area contributed by atoms with Gasteiger partial charge in [0, 0.05) is 46.0 Å². The molecule has 1 aliphatic heterocycles. The quantitative estimate of drug-likeness (QED) is 0.817. The Balaban J connectivity index is 0.00000312. The van der Waals surface area contributed by atoms with Gasteiger partial charge >= 0.3 is 0 Å². The summed E-state index contributed by atoms with van der Waals surface area (Å²) in [6.07, 6.45) is 3.44. The summed E-state index contributed by atoms with van der Waals surface area (Å²) in [6.45, 7) is 5.33. The van der Waals surface area contributed by atoms with Gasteiger partial charge in [-0.2, -0.15) is 4.31 Å². The molecule has 1 saturated heterocycles. The van der Waals surface area contributed by atoms with Crippen molar-refractivity contribution in [1.29, 1.82) is 0 Å². The van der Waals surface area contributed by atoms with E-state index >= 15 is 0 Å². The zero-order valence-electron chi connectivity index (χ0n) is 15.3. The number of likely N-dealkylation sites (N-methyl/N-ethyl adjacent to an activating group) is 1. The highest BCUT2D eigenvalue weighted by molar-refractivity contribution is 7.89. The van der Waals surface area contributed by atoms with Crippen LogP contribution in [0.5, 0.6) is 0 Å². The number of halogens is 1. The van der Waals surface area contributed by atoms with E-state index in [2.05, 4.69) is 6.92 Å². The molecule has 25 heavy (non-hydrogen) atoms. The van der Waals surface area contributed by atoms with Crippen LogP contribution in [0, 0.1) is 5.92 Å². The van der Waals surface area contributed by atoms with Gasteiger partial charge in [-0.05, 0) is 31.7 Å². The number of nitrogens with two attached hydrogens (primary N) is 1. The van der Waals surface area contributed by atoms with Gasteiger partial charge in [0.05, 0.1) is 0 Å². The zero-order chi connectivity index (χ0) is 18.1. The first-order valence-corrected chi connectivity index (χ1v) is 9.76. The first kappa shape index (κ1) is 22.0. The minimum Gasteiger partial charge on any atom is -0.345 e. The fourth-order valence-corrected chi connectivity index (χ4v) is 4.61. The van der Waals surface area contributed by atoms with Crippen LogP contribution in [-0.2, 0) is 17.1 Å². The molecule has 2 N–H and O–H groups in total. The smallest absolute Gasteiger partial charge is 0.270 e. The summed E-state index contributed by atoms with van der Waals surface area (Å²) in [7, 11) is -0.204. The molecule has 2 atom stereocenters. The number of rotatable bonds is 5. The van der Waals surface area contributed by atoms with Gasteiger partial charge in [0.15, 0.2) is 0 Å². The van der Waals surface area contributed by atoms with Gasteiger partial charge in [0.25, 0.3) is 5.91 Å². The number of amides is 1. The molecule has 0 aliphatic carbocycles. The molecule has 0 aromatic carbocycles. The average molecular weight is 393 g/mol. The highest BCUT2D eigenvalue weighted by Gasteiger charge is 2.31. The molecular weight excluding hydrogens is 364 g/mol. The summed E-state index contributed by atoms with van der Waals surface area (Å²) in [5.74, 6) is 0.124. The van der Waals surface area contributed by atoms with E-state index in [1.807, 2.05) is 6.92 Å². The number of aryl methyl sites for hydroxylation is 1. The molecule has 2 rings (SSSR count). The standard InChI is InChI=1S/C16H28N4O3S.ClH/c1-12-6-5-7-20(10-12)24(22,23)14-8-15(18(3)11-14)16(21)19(4)13(2)9-17;/h8,11-13H,5-7,9-10,17H2,1-4H3;1H. The molecule has 0 bridgehead atoms. The first-order valence-electron chi connectivity index (χ1n) is 8.32. The molecule has 2 heterocycles. The van der Waals surface area contributed by atoms with E-state index in [4.69, 9.17) is 5.73 Å². The Morgan fingerprint density at radius 3 is 2.68 bits per heavy atom. The first-order chi connectivity index (χ1) is 11.2. The van der Waals surface area contributed by atoms with Crippen molar-refractivity contribution in [3.63, 3.8) is 0 Å². The van der Waals surface area contributed by atoms with Crippen molar-refractivity contribution in [2.45, 2.75) is 37.6 Å². The molecule has 9 heteroatoms. The maximum Gasteiger partial charge on any atom is 0.270 e. The number of hydrogen-bond donors (Lipinski definition) is 1. The van der Waals surface area contributed by atoms with Crippen LogP contribution in [0.25, 0.3) is 0 Å². The molecule has 0 radical (unpaired) electrons. The largest absolute Gasteiger partial charge is 0.345 e. The third-order valence-corrected chi connectivity index (χ3v) is 6.61. The van der Waals surface area contributed by atoms with Crippen molar-refractivity contribution >= 4 is 28.3 Å². The van der Waals surface area contributed by atoms with Crippen LogP contribution in [0.1, 0.15) is 37.2 Å². The second-order valence-electron chi connectivity index (χ2n) is 6.78. The second kappa shape index (κ2) is 8.53. The lowest BCUT2D eigenvalue weighted by Crippen LogP contribution is -2.40. The number of carbonyl (C=O) groups excluding carboxylic acids is 1. The van der Waals surface area contributed by atoms with Gasteiger partial charge in [0.1, 0.15) is 10.6 Å². The number of carbonyl (C=O) groups is 1. The molecule has 1 fully saturated rings. The lowest BCUT2D eigenvalue weighted by molar-refractivity contribution is 0.0739. The number of piperidine rings is 1. The van der Waals surface area contributed by atoms with Crippen molar-refractivity contribution < 1.29 is 13.2 Å². The Morgan fingerprint density at radius 1 is 1.48 bits per heavy atom. The summed E-state index contributed by atoms with van der Waals surface area (Å²) >= 11 is 0. The Bertz CT molecular complexity index is 704. The maximum atomic E-state index is 12.8. The van der Waals surface area contributed by atoms with E-state index < -0.39 is 10.0 Å². The Morgan fingerprint density at radius 2 is 2.12 bits per heavy atom. The van der Waals surface area contributed by atoms with E-state index in [-0.39, 0.29) is 29.3 Å². The van der Waals surface area contributed by atoms with Gasteiger partial charge in [-0.15, -0.1) is 12.4 Å². The van der Waals surface area contributed by atoms with E-state index in [1.165, 1.54) is 21.5 Å². The van der Waals surface area contributed by atoms with E-state index in [1.54, 1.807) is 18.7 Å². The van der Waals surface area contributed by atoms with Crippen molar-refractivity contribution in [2.75, 3.05) is 26.7 Å². The Hall–Kier alpha value is -1.09. The number of hydrogen-bond acceptors (Lipinski definition) is 4. The van der Waals surface area contributed by atoms with Crippen LogP contribution in [0.4, 0.5) is 0 Å². The molecule has 1 amide bonds. The summed E-state index contributed by atoms with van der Waals surface area (Å²) in [5.41, 5.74) is 5.96. The minimum atomic E-state index is -3.56. The van der Waals surface area contributed by atoms with Crippen molar-refractivity contribution in [3.05, 3.63) is 18.0 Å². The van der Waals surface area contributed by atoms with Crippen molar-refractivity contribution in [3.8, 4) is 0 Å². The zero-order valence-corrected chi connectivity index (χ0v) is 16.9. The van der Waals surface area contributed by atoms with E-state index in [0.717, 1.165) is 12.8 Å². The topological polar surface area (TPSA) is 88.6 Å². The molecule has 1 aromatic rings. The second-order valence-corrected chi connectivity index (χ2v) is 8.72. The van der Waals surface area contributed by atoms with Crippen LogP contribution < -0.4 is 5.73 Å². The van der Waals surface area contributed by atoms with Gasteiger partial charge in [0.2, 0.25) is 10.0 Å². The van der Waals surface area contributed by atoms with Crippen LogP contribution >= 0.6 is 12.4 Å².